The Morgan fingerprint density at radius 1 is 1.24 bits per heavy atom. The van der Waals surface area contributed by atoms with Crippen LogP contribution in [0.15, 0.2) is 42.5 Å². The number of hydrogen-bond donors (Lipinski definition) is 1. The van der Waals surface area contributed by atoms with Crippen LogP contribution in [0.1, 0.15) is 21.5 Å². The number of rotatable bonds is 2. The Morgan fingerprint density at radius 3 is 2.71 bits per heavy atom. The lowest BCUT2D eigenvalue weighted by Gasteiger charge is -2.30. The van der Waals surface area contributed by atoms with Gasteiger partial charge in [-0.15, -0.1) is 0 Å². The van der Waals surface area contributed by atoms with Crippen molar-refractivity contribution < 1.29 is 9.53 Å². The molecule has 0 aliphatic carbocycles. The second-order valence-corrected chi connectivity index (χ2v) is 5.18. The highest BCUT2D eigenvalue weighted by atomic mass is 16.5. The molecule has 1 amide bonds. The Morgan fingerprint density at radius 2 is 2.00 bits per heavy atom. The van der Waals surface area contributed by atoms with Gasteiger partial charge < -0.3 is 15.4 Å². The lowest BCUT2D eigenvalue weighted by atomic mass is 10.1. The van der Waals surface area contributed by atoms with Crippen LogP contribution in [0.5, 0.6) is 5.75 Å². The number of amides is 1. The fourth-order valence-corrected chi connectivity index (χ4v) is 2.45. The summed E-state index contributed by atoms with van der Waals surface area (Å²) in [5.41, 5.74) is 9.29. The molecule has 1 aliphatic rings. The summed E-state index contributed by atoms with van der Waals surface area (Å²) < 4.78 is 5.65. The third-order valence-electron chi connectivity index (χ3n) is 3.67. The van der Waals surface area contributed by atoms with E-state index in [1.54, 1.807) is 4.90 Å². The van der Waals surface area contributed by atoms with Crippen molar-refractivity contribution in [2.75, 3.05) is 18.1 Å². The number of fused-ring (bicyclic) bond motifs is 1. The van der Waals surface area contributed by atoms with Crippen LogP contribution in [0.2, 0.25) is 0 Å². The highest BCUT2D eigenvalue weighted by molar-refractivity contribution is 6.07. The Hall–Kier alpha value is -2.33. The Labute approximate surface area is 124 Å². The van der Waals surface area contributed by atoms with E-state index >= 15 is 0 Å². The van der Waals surface area contributed by atoms with Crippen molar-refractivity contribution in [1.82, 2.24) is 0 Å². The molecular formula is C17H18N2O2. The third-order valence-corrected chi connectivity index (χ3v) is 3.67. The molecule has 4 heteroatoms. The summed E-state index contributed by atoms with van der Waals surface area (Å²) in [5.74, 6) is 0.727. The molecule has 2 aromatic carbocycles. The maximum atomic E-state index is 12.7. The Bertz CT molecular complexity index is 665. The summed E-state index contributed by atoms with van der Waals surface area (Å²) in [7, 11) is 0. The first-order chi connectivity index (χ1) is 10.2. The number of benzene rings is 2. The first kappa shape index (κ1) is 13.6. The van der Waals surface area contributed by atoms with E-state index in [0.29, 0.717) is 25.3 Å². The van der Waals surface area contributed by atoms with Gasteiger partial charge in [0.1, 0.15) is 12.4 Å². The molecule has 0 radical (unpaired) electrons. The molecule has 0 bridgehead atoms. The molecule has 1 heterocycles. The zero-order valence-electron chi connectivity index (χ0n) is 12.0. The minimum Gasteiger partial charge on any atom is -0.490 e. The second kappa shape index (κ2) is 5.58. The van der Waals surface area contributed by atoms with Gasteiger partial charge in [-0.25, -0.2) is 0 Å². The minimum atomic E-state index is 0.0000449. The fraction of sp³-hybridized carbons (Fsp3) is 0.235. The van der Waals surface area contributed by atoms with E-state index in [1.807, 2.05) is 49.4 Å². The monoisotopic (exact) mass is 282 g/mol. The molecule has 0 aromatic heterocycles. The second-order valence-electron chi connectivity index (χ2n) is 5.18. The molecular weight excluding hydrogens is 264 g/mol. The number of carbonyl (C=O) groups is 1. The number of carbonyl (C=O) groups excluding carboxylic acids is 1. The Balaban J connectivity index is 1.94. The number of ether oxygens (including phenoxy) is 1. The topological polar surface area (TPSA) is 55.6 Å². The van der Waals surface area contributed by atoms with Gasteiger partial charge >= 0.3 is 0 Å². The molecule has 3 rings (SSSR count). The van der Waals surface area contributed by atoms with Crippen LogP contribution in [-0.2, 0) is 6.54 Å². The lowest BCUT2D eigenvalue weighted by Crippen LogP contribution is -2.38. The first-order valence-electron chi connectivity index (χ1n) is 7.03. The van der Waals surface area contributed by atoms with Gasteiger partial charge in [-0.2, -0.15) is 0 Å². The summed E-state index contributed by atoms with van der Waals surface area (Å²) in [6, 6.07) is 13.4. The summed E-state index contributed by atoms with van der Waals surface area (Å²) in [6.45, 7) is 3.52. The lowest BCUT2D eigenvalue weighted by molar-refractivity contribution is 0.0976. The highest BCUT2D eigenvalue weighted by Crippen LogP contribution is 2.33. The van der Waals surface area contributed by atoms with Crippen molar-refractivity contribution in [2.24, 2.45) is 5.73 Å². The van der Waals surface area contributed by atoms with E-state index in [9.17, 15) is 4.79 Å². The Kier molecular flexibility index (Phi) is 3.62. The van der Waals surface area contributed by atoms with E-state index in [4.69, 9.17) is 10.5 Å². The van der Waals surface area contributed by atoms with Crippen LogP contribution in [0.3, 0.4) is 0 Å². The van der Waals surface area contributed by atoms with Gasteiger partial charge in [-0.3, -0.25) is 4.79 Å². The number of aryl methyl sites for hydroxylation is 1. The van der Waals surface area contributed by atoms with Crippen LogP contribution >= 0.6 is 0 Å². The molecule has 2 aromatic rings. The molecule has 0 spiro atoms. The van der Waals surface area contributed by atoms with Crippen LogP contribution in [0.4, 0.5) is 5.69 Å². The van der Waals surface area contributed by atoms with Gasteiger partial charge in [0.05, 0.1) is 12.2 Å². The van der Waals surface area contributed by atoms with Crippen LogP contribution in [0, 0.1) is 6.92 Å². The van der Waals surface area contributed by atoms with Gasteiger partial charge in [-0.1, -0.05) is 23.8 Å². The SMILES string of the molecule is Cc1ccc(C(=O)N2CCOc3cc(CN)ccc32)cc1. The quantitative estimate of drug-likeness (QED) is 0.920. The van der Waals surface area contributed by atoms with E-state index in [2.05, 4.69) is 0 Å². The summed E-state index contributed by atoms with van der Waals surface area (Å²) >= 11 is 0. The highest BCUT2D eigenvalue weighted by Gasteiger charge is 2.24. The van der Waals surface area contributed by atoms with Gasteiger partial charge in [0, 0.05) is 12.1 Å². The molecule has 0 saturated heterocycles. The van der Waals surface area contributed by atoms with Crippen LogP contribution < -0.4 is 15.4 Å². The fourth-order valence-electron chi connectivity index (χ4n) is 2.45. The predicted octanol–water partition coefficient (Wildman–Crippen LogP) is 2.49. The molecule has 0 atom stereocenters. The van der Waals surface area contributed by atoms with Crippen LogP contribution in [-0.4, -0.2) is 19.1 Å². The van der Waals surface area contributed by atoms with Crippen molar-refractivity contribution in [3.05, 3.63) is 59.2 Å². The molecule has 0 saturated carbocycles. The molecule has 1 aliphatic heterocycles. The van der Waals surface area contributed by atoms with E-state index in [0.717, 1.165) is 22.6 Å². The molecule has 2 N–H and O–H groups in total. The maximum Gasteiger partial charge on any atom is 0.258 e. The van der Waals surface area contributed by atoms with Crippen molar-refractivity contribution >= 4 is 11.6 Å². The molecule has 4 nitrogen and oxygen atoms in total. The zero-order valence-corrected chi connectivity index (χ0v) is 12.0. The predicted molar refractivity (Wildman–Crippen MR) is 82.7 cm³/mol. The minimum absolute atomic E-state index is 0.0000449. The van der Waals surface area contributed by atoms with Gasteiger partial charge in [0.25, 0.3) is 5.91 Å². The summed E-state index contributed by atoms with van der Waals surface area (Å²) in [5, 5.41) is 0. The number of anilines is 1. The number of hydrogen-bond acceptors (Lipinski definition) is 3. The maximum absolute atomic E-state index is 12.7. The van der Waals surface area contributed by atoms with Crippen molar-refractivity contribution in [3.8, 4) is 5.75 Å². The van der Waals surface area contributed by atoms with Gasteiger partial charge in [0.15, 0.2) is 0 Å². The molecule has 21 heavy (non-hydrogen) atoms. The van der Waals surface area contributed by atoms with E-state index in [-0.39, 0.29) is 5.91 Å². The van der Waals surface area contributed by atoms with Crippen molar-refractivity contribution in [1.29, 1.82) is 0 Å². The van der Waals surface area contributed by atoms with E-state index in [1.165, 1.54) is 0 Å². The standard InChI is InChI=1S/C17H18N2O2/c1-12-2-5-14(6-3-12)17(20)19-8-9-21-16-10-13(11-18)4-7-15(16)19/h2-7,10H,8-9,11,18H2,1H3. The van der Waals surface area contributed by atoms with E-state index < -0.39 is 0 Å². The normalized spacial score (nSPS) is 13.5. The molecule has 0 fully saturated rings. The van der Waals surface area contributed by atoms with Crippen LogP contribution in [0.25, 0.3) is 0 Å². The van der Waals surface area contributed by atoms with Crippen molar-refractivity contribution in [3.63, 3.8) is 0 Å². The molecule has 108 valence electrons. The van der Waals surface area contributed by atoms with Gasteiger partial charge in [-0.05, 0) is 36.8 Å². The van der Waals surface area contributed by atoms with Crippen molar-refractivity contribution in [2.45, 2.75) is 13.5 Å². The zero-order chi connectivity index (χ0) is 14.8. The first-order valence-corrected chi connectivity index (χ1v) is 7.03. The molecule has 0 unspecified atom stereocenters. The summed E-state index contributed by atoms with van der Waals surface area (Å²) in [6.07, 6.45) is 0. The number of nitrogens with two attached hydrogens (primary N) is 1. The smallest absolute Gasteiger partial charge is 0.258 e. The number of nitrogens with zero attached hydrogens (tertiary/aromatic N) is 1. The average molecular weight is 282 g/mol. The van der Waals surface area contributed by atoms with Gasteiger partial charge in [0.2, 0.25) is 0 Å². The average Bonchev–Trinajstić information content (AvgIpc) is 2.53. The largest absolute Gasteiger partial charge is 0.490 e. The summed E-state index contributed by atoms with van der Waals surface area (Å²) in [4.78, 5) is 14.4. The third kappa shape index (κ3) is 2.62.